The number of aromatic hydroxyl groups is 1. The number of phenols is 1. The van der Waals surface area contributed by atoms with Crippen molar-refractivity contribution in [1.29, 1.82) is 0 Å². The molecule has 0 amide bonds. The number of phenolic OH excluding ortho intramolecular Hbond substituents is 1. The van der Waals surface area contributed by atoms with E-state index in [4.69, 9.17) is 4.74 Å². The van der Waals surface area contributed by atoms with E-state index in [0.717, 1.165) is 78.7 Å². The van der Waals surface area contributed by atoms with Gasteiger partial charge in [0.2, 0.25) is 0 Å². The normalized spacial score (nSPS) is 19.7. The molecule has 0 spiro atoms. The molecule has 2 nitrogen and oxygen atoms in total. The highest BCUT2D eigenvalue weighted by atomic mass is 16.5. The topological polar surface area (TPSA) is 29.5 Å². The number of fused-ring (bicyclic) bond motifs is 1. The molecule has 1 aliphatic rings. The first kappa shape index (κ1) is 29.1. The maximum absolute atomic E-state index is 10.8. The first-order valence-electron chi connectivity index (χ1n) is 14.6. The minimum atomic E-state index is -0.0755. The minimum absolute atomic E-state index is 0.0755. The highest BCUT2D eigenvalue weighted by Gasteiger charge is 2.34. The summed E-state index contributed by atoms with van der Waals surface area (Å²) in [5.74, 6) is 4.13. The van der Waals surface area contributed by atoms with Crippen LogP contribution >= 0.6 is 0 Å². The van der Waals surface area contributed by atoms with Crippen molar-refractivity contribution in [2.24, 2.45) is 17.8 Å². The van der Waals surface area contributed by atoms with Crippen LogP contribution < -0.4 is 4.74 Å². The second-order valence-corrected chi connectivity index (χ2v) is 12.4. The van der Waals surface area contributed by atoms with Gasteiger partial charge in [-0.05, 0) is 88.2 Å². The van der Waals surface area contributed by atoms with Gasteiger partial charge in [0.05, 0.1) is 0 Å². The van der Waals surface area contributed by atoms with Crippen molar-refractivity contribution >= 4 is 0 Å². The van der Waals surface area contributed by atoms with E-state index in [1.54, 1.807) is 0 Å². The molecule has 2 heteroatoms. The van der Waals surface area contributed by atoms with Crippen LogP contribution in [0.1, 0.15) is 141 Å². The van der Waals surface area contributed by atoms with Gasteiger partial charge in [0.1, 0.15) is 17.1 Å². The lowest BCUT2D eigenvalue weighted by Crippen LogP contribution is -2.37. The Hall–Kier alpha value is -1.18. The predicted molar refractivity (Wildman–Crippen MR) is 148 cm³/mol. The molecule has 1 heterocycles. The van der Waals surface area contributed by atoms with E-state index in [1.807, 2.05) is 6.92 Å². The summed E-state index contributed by atoms with van der Waals surface area (Å²) in [6, 6.07) is 0. The van der Waals surface area contributed by atoms with Crippen LogP contribution in [-0.2, 0) is 12.8 Å². The van der Waals surface area contributed by atoms with E-state index < -0.39 is 0 Å². The molecule has 196 valence electrons. The lowest BCUT2D eigenvalue weighted by Gasteiger charge is -2.38. The van der Waals surface area contributed by atoms with Gasteiger partial charge in [-0.2, -0.15) is 0 Å². The van der Waals surface area contributed by atoms with Gasteiger partial charge in [-0.1, -0.05) is 86.0 Å². The summed E-state index contributed by atoms with van der Waals surface area (Å²) in [6.07, 6.45) is 17.3. The molecule has 3 atom stereocenters. The fourth-order valence-electron chi connectivity index (χ4n) is 5.77. The van der Waals surface area contributed by atoms with Gasteiger partial charge >= 0.3 is 0 Å². The Labute approximate surface area is 212 Å². The van der Waals surface area contributed by atoms with Gasteiger partial charge in [-0.25, -0.2) is 0 Å². The second kappa shape index (κ2) is 13.8. The lowest BCUT2D eigenvalue weighted by atomic mass is 9.82. The summed E-state index contributed by atoms with van der Waals surface area (Å²) in [5.41, 5.74) is 4.49. The molecule has 0 saturated carbocycles. The molecule has 0 radical (unpaired) electrons. The van der Waals surface area contributed by atoms with Gasteiger partial charge in [-0.15, -0.1) is 0 Å². The molecular weight excluding hydrogens is 416 g/mol. The smallest absolute Gasteiger partial charge is 0.127 e. The number of rotatable bonds is 15. The Morgan fingerprint density at radius 1 is 0.853 bits per heavy atom. The molecule has 0 bridgehead atoms. The van der Waals surface area contributed by atoms with Crippen molar-refractivity contribution in [1.82, 2.24) is 0 Å². The van der Waals surface area contributed by atoms with Crippen LogP contribution in [0.25, 0.3) is 0 Å². The first-order chi connectivity index (χ1) is 16.1. The second-order valence-electron chi connectivity index (χ2n) is 12.4. The average molecular weight is 473 g/mol. The van der Waals surface area contributed by atoms with Gasteiger partial charge in [0, 0.05) is 11.1 Å². The van der Waals surface area contributed by atoms with Crippen LogP contribution in [0, 0.1) is 31.6 Å². The summed E-state index contributed by atoms with van der Waals surface area (Å²) >= 11 is 0. The Kier molecular flexibility index (Phi) is 11.8. The molecule has 0 saturated heterocycles. The van der Waals surface area contributed by atoms with Crippen LogP contribution in [0.3, 0.4) is 0 Å². The third-order valence-corrected chi connectivity index (χ3v) is 8.49. The number of hydrogen-bond donors (Lipinski definition) is 1. The standard InChI is InChI=1S/C32H56O2/c1-9-10-19-28-29-20-22-32(8,34-31(29)27(7)26(6)30(28)33)21-13-18-25(5)17-12-16-24(4)15-11-14-23(2)3/h23-25,33H,9-22H2,1-8H3/t24-,25-,32-/m1/s1. The quantitative estimate of drug-likeness (QED) is 0.275. The number of ether oxygens (including phenoxy) is 1. The predicted octanol–water partition coefficient (Wildman–Crippen LogP) is 9.87. The highest BCUT2D eigenvalue weighted by Crippen LogP contribution is 2.45. The largest absolute Gasteiger partial charge is 0.507 e. The summed E-state index contributed by atoms with van der Waals surface area (Å²) in [6.45, 7) is 18.3. The van der Waals surface area contributed by atoms with Crippen molar-refractivity contribution in [3.05, 3.63) is 22.3 Å². The van der Waals surface area contributed by atoms with Crippen molar-refractivity contribution in [2.45, 2.75) is 151 Å². The van der Waals surface area contributed by atoms with Gasteiger partial charge in [-0.3, -0.25) is 0 Å². The Morgan fingerprint density at radius 2 is 1.44 bits per heavy atom. The Balaban J connectivity index is 1.82. The summed E-state index contributed by atoms with van der Waals surface area (Å²) in [5, 5.41) is 10.8. The molecule has 2 rings (SSSR count). The third-order valence-electron chi connectivity index (χ3n) is 8.49. The van der Waals surface area contributed by atoms with Crippen LogP contribution in [0.2, 0.25) is 0 Å². The van der Waals surface area contributed by atoms with Gasteiger partial charge in [0.25, 0.3) is 0 Å². The number of unbranched alkanes of at least 4 members (excludes halogenated alkanes) is 1. The SMILES string of the molecule is CCCCc1c(O)c(C)c(C)c2c1CC[C@@](C)(CCC[C@H](C)CCC[C@H](C)CCCC(C)C)O2. The molecule has 0 aromatic heterocycles. The zero-order valence-electron chi connectivity index (χ0n) is 24.0. The molecule has 0 unspecified atom stereocenters. The molecule has 0 aliphatic carbocycles. The molecule has 1 aromatic rings. The summed E-state index contributed by atoms with van der Waals surface area (Å²) < 4.78 is 6.74. The molecule has 1 aromatic carbocycles. The van der Waals surface area contributed by atoms with Crippen molar-refractivity contribution in [3.8, 4) is 11.5 Å². The van der Waals surface area contributed by atoms with Crippen molar-refractivity contribution < 1.29 is 9.84 Å². The minimum Gasteiger partial charge on any atom is -0.507 e. The van der Waals surface area contributed by atoms with E-state index in [9.17, 15) is 5.11 Å². The fraction of sp³-hybridized carbons (Fsp3) is 0.812. The lowest BCUT2D eigenvalue weighted by molar-refractivity contribution is 0.0510. The third kappa shape index (κ3) is 8.49. The van der Waals surface area contributed by atoms with Crippen LogP contribution in [0.15, 0.2) is 0 Å². The average Bonchev–Trinajstić information content (AvgIpc) is 2.77. The van der Waals surface area contributed by atoms with Crippen molar-refractivity contribution in [2.75, 3.05) is 0 Å². The molecule has 0 fully saturated rings. The van der Waals surface area contributed by atoms with Crippen molar-refractivity contribution in [3.63, 3.8) is 0 Å². The van der Waals surface area contributed by atoms with E-state index >= 15 is 0 Å². The highest BCUT2D eigenvalue weighted by molar-refractivity contribution is 5.59. The van der Waals surface area contributed by atoms with E-state index in [2.05, 4.69) is 48.5 Å². The molecule has 1 aliphatic heterocycles. The zero-order valence-corrected chi connectivity index (χ0v) is 24.0. The zero-order chi connectivity index (χ0) is 25.3. The van der Waals surface area contributed by atoms with Gasteiger partial charge in [0.15, 0.2) is 0 Å². The van der Waals surface area contributed by atoms with E-state index in [1.165, 1.54) is 56.9 Å². The molecule has 1 N–H and O–H groups in total. The first-order valence-corrected chi connectivity index (χ1v) is 14.6. The maximum atomic E-state index is 10.8. The molecule has 34 heavy (non-hydrogen) atoms. The molecular formula is C32H56O2. The fourth-order valence-corrected chi connectivity index (χ4v) is 5.77. The summed E-state index contributed by atoms with van der Waals surface area (Å²) in [4.78, 5) is 0. The van der Waals surface area contributed by atoms with E-state index in [-0.39, 0.29) is 5.60 Å². The van der Waals surface area contributed by atoms with Crippen LogP contribution in [0.4, 0.5) is 0 Å². The Morgan fingerprint density at radius 3 is 2.03 bits per heavy atom. The summed E-state index contributed by atoms with van der Waals surface area (Å²) in [7, 11) is 0. The number of benzene rings is 1. The monoisotopic (exact) mass is 472 g/mol. The van der Waals surface area contributed by atoms with Gasteiger partial charge < -0.3 is 9.84 Å². The number of hydrogen-bond acceptors (Lipinski definition) is 2. The Bertz CT molecular complexity index is 750. The van der Waals surface area contributed by atoms with E-state index in [0.29, 0.717) is 5.75 Å². The van der Waals surface area contributed by atoms with Crippen LogP contribution in [-0.4, -0.2) is 10.7 Å². The maximum Gasteiger partial charge on any atom is 0.127 e. The van der Waals surface area contributed by atoms with Crippen LogP contribution in [0.5, 0.6) is 11.5 Å².